The molecule has 2 amide bonds. The molecule has 5 rings (SSSR count). The number of halogens is 3. The first-order valence-electron chi connectivity index (χ1n) is 22.4. The van der Waals surface area contributed by atoms with Crippen molar-refractivity contribution in [2.75, 3.05) is 49.5 Å². The number of piperazine rings is 1. The Labute approximate surface area is 365 Å². The first-order chi connectivity index (χ1) is 29.6. The van der Waals surface area contributed by atoms with E-state index in [1.165, 1.54) is 25.8 Å². The number of amides is 2. The zero-order valence-electron chi connectivity index (χ0n) is 37.1. The van der Waals surface area contributed by atoms with Crippen LogP contribution in [0.4, 0.5) is 24.7 Å². The van der Waals surface area contributed by atoms with Crippen LogP contribution >= 0.6 is 0 Å². The van der Waals surface area contributed by atoms with Crippen molar-refractivity contribution in [1.82, 2.24) is 25.7 Å². The van der Waals surface area contributed by atoms with E-state index >= 15 is 0 Å². The van der Waals surface area contributed by atoms with Crippen LogP contribution in [-0.2, 0) is 22.2 Å². The van der Waals surface area contributed by atoms with Crippen LogP contribution in [0.15, 0.2) is 66.7 Å². The molecule has 3 aromatic carbocycles. The number of nitrogens with zero attached hydrogens (tertiary/aromatic N) is 4. The number of aliphatic hydroxyl groups excluding tert-OH is 1. The molecule has 0 spiro atoms. The Morgan fingerprint density at radius 3 is 2.18 bits per heavy atom. The zero-order valence-corrected chi connectivity index (χ0v) is 37.1. The summed E-state index contributed by atoms with van der Waals surface area (Å²) in [4.78, 5) is 30.8. The number of unbranched alkanes of at least 4 members (excludes halogenated alkanes) is 6. The summed E-state index contributed by atoms with van der Waals surface area (Å²) in [5.41, 5.74) is 9.09. The van der Waals surface area contributed by atoms with Crippen molar-refractivity contribution in [2.45, 2.75) is 123 Å². The van der Waals surface area contributed by atoms with Crippen molar-refractivity contribution < 1.29 is 27.9 Å². The molecule has 2 heterocycles. The van der Waals surface area contributed by atoms with E-state index in [4.69, 9.17) is 5.73 Å². The van der Waals surface area contributed by atoms with Crippen molar-refractivity contribution in [3.63, 3.8) is 0 Å². The number of fused-ring (bicyclic) bond motifs is 1. The van der Waals surface area contributed by atoms with Crippen LogP contribution in [0.25, 0.3) is 10.8 Å². The number of hydrogen-bond acceptors (Lipinski definition) is 9. The largest absolute Gasteiger partial charge is 0.416 e. The predicted molar refractivity (Wildman–Crippen MR) is 242 cm³/mol. The number of alkyl halides is 3. The molecule has 4 atom stereocenters. The lowest BCUT2D eigenvalue weighted by molar-refractivity contribution is -0.138. The van der Waals surface area contributed by atoms with Crippen LogP contribution in [0.1, 0.15) is 106 Å². The number of nitrogens with one attached hydrogen (secondary N) is 3. The van der Waals surface area contributed by atoms with Crippen LogP contribution in [-0.4, -0.2) is 89.5 Å². The monoisotopic (exact) mass is 861 g/mol. The second-order valence-corrected chi connectivity index (χ2v) is 17.3. The summed E-state index contributed by atoms with van der Waals surface area (Å²) in [6.07, 6.45) is 2.60. The molecule has 0 bridgehead atoms. The number of nitrogens with two attached hydrogens (primary N) is 1. The van der Waals surface area contributed by atoms with Crippen LogP contribution in [0.2, 0.25) is 0 Å². The Morgan fingerprint density at radius 1 is 0.823 bits per heavy atom. The maximum absolute atomic E-state index is 13.6. The first-order valence-corrected chi connectivity index (χ1v) is 22.4. The van der Waals surface area contributed by atoms with Crippen LogP contribution in [0, 0.1) is 19.8 Å². The molecule has 4 aromatic rings. The van der Waals surface area contributed by atoms with E-state index in [2.05, 4.69) is 54.1 Å². The van der Waals surface area contributed by atoms with Gasteiger partial charge >= 0.3 is 6.18 Å². The summed E-state index contributed by atoms with van der Waals surface area (Å²) in [6.45, 7) is 14.6. The van der Waals surface area contributed by atoms with Crippen molar-refractivity contribution >= 4 is 34.1 Å². The molecule has 338 valence electrons. The minimum Gasteiger partial charge on any atom is -0.382 e. The summed E-state index contributed by atoms with van der Waals surface area (Å²) in [5.74, 6) is -0.140. The van der Waals surface area contributed by atoms with E-state index in [1.54, 1.807) is 6.07 Å². The predicted octanol–water partition coefficient (Wildman–Crippen LogP) is 7.87. The van der Waals surface area contributed by atoms with E-state index < -0.39 is 41.9 Å². The minimum atomic E-state index is -4.42. The second kappa shape index (κ2) is 23.1. The summed E-state index contributed by atoms with van der Waals surface area (Å²) >= 11 is 0. The number of hydrogen-bond donors (Lipinski definition) is 5. The molecular formula is C48H67F3N8O3. The quantitative estimate of drug-likeness (QED) is 0.0498. The molecule has 62 heavy (non-hydrogen) atoms. The number of benzene rings is 3. The number of aryl methyl sites for hydroxylation is 1. The van der Waals surface area contributed by atoms with Gasteiger partial charge in [0.2, 0.25) is 5.91 Å². The van der Waals surface area contributed by atoms with Crippen LogP contribution in [0.3, 0.4) is 0 Å². The van der Waals surface area contributed by atoms with Crippen molar-refractivity contribution in [1.29, 1.82) is 0 Å². The van der Waals surface area contributed by atoms with Gasteiger partial charge in [0.25, 0.3) is 5.91 Å². The van der Waals surface area contributed by atoms with Gasteiger partial charge in [0, 0.05) is 55.2 Å². The normalized spacial score (nSPS) is 15.6. The molecule has 1 aliphatic rings. The number of aromatic nitrogens is 2. The molecule has 1 aromatic heterocycles. The van der Waals surface area contributed by atoms with Gasteiger partial charge in [-0.25, -0.2) is 0 Å². The van der Waals surface area contributed by atoms with Gasteiger partial charge in [-0.05, 0) is 93.8 Å². The Bertz CT molecular complexity index is 2040. The SMILES string of the molecule is Cc1c([C@@H](C)Nc2nnc(C)c3ccc(N4CCN(CCCCCCCCCNC(=O)C(CC(C)C)NC(=O)[C@@H](O)[C@H](N)Cc5ccccc5)CC4)cc23)cccc1C(F)(F)F. The van der Waals surface area contributed by atoms with Crippen molar-refractivity contribution in [3.05, 3.63) is 94.7 Å². The topological polar surface area (TPSA) is 149 Å². The van der Waals surface area contributed by atoms with Gasteiger partial charge in [0.05, 0.1) is 17.3 Å². The number of carbonyl (C=O) groups is 2. The second-order valence-electron chi connectivity index (χ2n) is 17.3. The molecule has 1 saturated heterocycles. The number of anilines is 2. The Morgan fingerprint density at radius 2 is 1.50 bits per heavy atom. The molecule has 14 heteroatoms. The Balaban J connectivity index is 0.975. The highest BCUT2D eigenvalue weighted by molar-refractivity contribution is 5.95. The average Bonchev–Trinajstić information content (AvgIpc) is 3.24. The fourth-order valence-corrected chi connectivity index (χ4v) is 8.35. The summed E-state index contributed by atoms with van der Waals surface area (Å²) in [5, 5.41) is 30.3. The van der Waals surface area contributed by atoms with E-state index in [0.29, 0.717) is 30.8 Å². The summed E-state index contributed by atoms with van der Waals surface area (Å²) in [7, 11) is 0. The third-order valence-corrected chi connectivity index (χ3v) is 12.0. The number of carbonyl (C=O) groups excluding carboxylic acids is 2. The highest BCUT2D eigenvalue weighted by Crippen LogP contribution is 2.36. The fraction of sp³-hybridized carbons (Fsp3) is 0.542. The standard InChI is InChI=1S/C48H67F3N8O3/c1-32(2)29-43(55-47(62)44(60)42(52)30-36-17-12-11-13-18-36)46(61)53-23-14-9-7-6-8-10-15-24-58-25-27-59(28-26-58)37-21-22-39-35(5)56-57-45(40(39)31-37)54-34(4)38-19-16-20-41(33(38)3)48(49,50)51/h11-13,16-22,31-32,34,42-44,60H,6-10,14-15,23-30,52H2,1-5H3,(H,53,61)(H,54,57)(H,55,62)/t34-,42-,43?,44+/m1/s1. The molecule has 1 aliphatic heterocycles. The third-order valence-electron chi connectivity index (χ3n) is 12.0. The van der Waals surface area contributed by atoms with E-state index in [9.17, 15) is 27.9 Å². The van der Waals surface area contributed by atoms with Gasteiger partial charge in [0.1, 0.15) is 12.1 Å². The van der Waals surface area contributed by atoms with E-state index in [-0.39, 0.29) is 17.4 Å². The molecule has 0 saturated carbocycles. The Kier molecular flexibility index (Phi) is 17.9. The number of rotatable bonds is 22. The first kappa shape index (κ1) is 48.2. The lowest BCUT2D eigenvalue weighted by Gasteiger charge is -2.36. The van der Waals surface area contributed by atoms with Crippen molar-refractivity contribution in [2.24, 2.45) is 11.7 Å². The highest BCUT2D eigenvalue weighted by Gasteiger charge is 2.33. The van der Waals surface area contributed by atoms with Crippen LogP contribution in [0.5, 0.6) is 0 Å². The van der Waals surface area contributed by atoms with Gasteiger partial charge < -0.3 is 31.7 Å². The van der Waals surface area contributed by atoms with Gasteiger partial charge in [-0.1, -0.05) is 94.5 Å². The third kappa shape index (κ3) is 13.9. The van der Waals surface area contributed by atoms with Gasteiger partial charge in [-0.15, -0.1) is 5.10 Å². The molecule has 11 nitrogen and oxygen atoms in total. The van der Waals surface area contributed by atoms with Crippen molar-refractivity contribution in [3.8, 4) is 0 Å². The van der Waals surface area contributed by atoms with Gasteiger partial charge in [-0.3, -0.25) is 14.5 Å². The minimum absolute atomic E-state index is 0.174. The van der Waals surface area contributed by atoms with E-state index in [0.717, 1.165) is 98.6 Å². The smallest absolute Gasteiger partial charge is 0.382 e. The van der Waals surface area contributed by atoms with Gasteiger partial charge in [-0.2, -0.15) is 18.3 Å². The molecule has 1 fully saturated rings. The van der Waals surface area contributed by atoms with E-state index in [1.807, 2.05) is 58.0 Å². The summed E-state index contributed by atoms with van der Waals surface area (Å²) < 4.78 is 40.9. The summed E-state index contributed by atoms with van der Waals surface area (Å²) in [6, 6.07) is 18.1. The average molecular weight is 861 g/mol. The molecule has 0 aliphatic carbocycles. The molecule has 6 N–H and O–H groups in total. The van der Waals surface area contributed by atoms with Gasteiger partial charge in [0.15, 0.2) is 5.82 Å². The van der Waals surface area contributed by atoms with Crippen LogP contribution < -0.4 is 26.6 Å². The fourth-order valence-electron chi connectivity index (χ4n) is 8.35. The highest BCUT2D eigenvalue weighted by atomic mass is 19.4. The Hall–Kier alpha value is -4.79. The maximum atomic E-state index is 13.6. The lowest BCUT2D eigenvalue weighted by atomic mass is 9.97. The molecule has 1 unspecified atom stereocenters. The molecular weight excluding hydrogens is 794 g/mol. The maximum Gasteiger partial charge on any atom is 0.416 e. The number of aliphatic hydroxyl groups is 1. The molecule has 0 radical (unpaired) electrons. The lowest BCUT2D eigenvalue weighted by Crippen LogP contribution is -2.54. The zero-order chi connectivity index (χ0) is 44.8.